The van der Waals surface area contributed by atoms with Crippen molar-refractivity contribution in [3.05, 3.63) is 12.2 Å². The van der Waals surface area contributed by atoms with Gasteiger partial charge in [-0.25, -0.2) is 0 Å². The summed E-state index contributed by atoms with van der Waals surface area (Å²) in [6, 6.07) is 0. The van der Waals surface area contributed by atoms with Crippen molar-refractivity contribution >= 4 is 11.8 Å². The number of hydrogen-bond donors (Lipinski definition) is 0. The summed E-state index contributed by atoms with van der Waals surface area (Å²) in [7, 11) is 1.25. The smallest absolute Gasteiger partial charge is 0.322 e. The number of esters is 1. The number of rotatable bonds is 3. The molecule has 98 valence electrons. The van der Waals surface area contributed by atoms with Gasteiger partial charge in [-0.15, -0.1) is 12.3 Å². The highest BCUT2D eigenvalue weighted by Crippen LogP contribution is 2.38. The van der Waals surface area contributed by atoms with Gasteiger partial charge in [0.15, 0.2) is 11.2 Å². The predicted octanol–water partition coefficient (Wildman–Crippen LogP) is 1.49. The minimum Gasteiger partial charge on any atom is -0.468 e. The monoisotopic (exact) mass is 250 g/mol. The molecule has 1 rings (SSSR count). The number of ketones is 1. The summed E-state index contributed by atoms with van der Waals surface area (Å²) < 4.78 is 10.4. The lowest BCUT2D eigenvalue weighted by Gasteiger charge is -2.40. The van der Waals surface area contributed by atoms with E-state index in [1.54, 1.807) is 6.92 Å². The Kier molecular flexibility index (Phi) is 4.31. The first-order valence-corrected chi connectivity index (χ1v) is 5.80. The third-order valence-corrected chi connectivity index (χ3v) is 3.43. The van der Waals surface area contributed by atoms with Gasteiger partial charge >= 0.3 is 5.97 Å². The molecule has 3 atom stereocenters. The molecule has 0 spiro atoms. The Labute approximate surface area is 107 Å². The molecule has 0 radical (unpaired) electrons. The van der Waals surface area contributed by atoms with Crippen molar-refractivity contribution in [3.8, 4) is 12.3 Å². The lowest BCUT2D eigenvalue weighted by Crippen LogP contribution is -2.55. The maximum Gasteiger partial charge on any atom is 0.322 e. The van der Waals surface area contributed by atoms with Crippen LogP contribution < -0.4 is 0 Å². The van der Waals surface area contributed by atoms with Crippen molar-refractivity contribution in [1.29, 1.82) is 0 Å². The molecule has 0 aromatic carbocycles. The van der Waals surface area contributed by atoms with Gasteiger partial charge in [-0.3, -0.25) is 9.59 Å². The van der Waals surface area contributed by atoms with Crippen molar-refractivity contribution in [2.45, 2.75) is 38.9 Å². The van der Waals surface area contributed by atoms with Gasteiger partial charge < -0.3 is 9.47 Å². The van der Waals surface area contributed by atoms with E-state index in [2.05, 4.69) is 12.5 Å². The largest absolute Gasteiger partial charge is 0.468 e. The molecule has 0 aromatic rings. The van der Waals surface area contributed by atoms with Crippen molar-refractivity contribution in [2.75, 3.05) is 7.11 Å². The summed E-state index contributed by atoms with van der Waals surface area (Å²) in [5.74, 6) is 1.55. The molecule has 0 saturated carbocycles. The second-order valence-corrected chi connectivity index (χ2v) is 4.56. The Hall–Kier alpha value is -1.60. The zero-order valence-corrected chi connectivity index (χ0v) is 11.0. The number of carbonyl (C=O) groups is 2. The first-order chi connectivity index (χ1) is 8.39. The Bertz CT molecular complexity index is 418. The summed E-state index contributed by atoms with van der Waals surface area (Å²) in [6.07, 6.45) is 5.11. The topological polar surface area (TPSA) is 52.6 Å². The van der Waals surface area contributed by atoms with Gasteiger partial charge in [-0.1, -0.05) is 6.58 Å². The molecule has 0 aromatic heterocycles. The van der Waals surface area contributed by atoms with E-state index in [9.17, 15) is 9.59 Å². The van der Waals surface area contributed by atoms with Crippen LogP contribution in [-0.4, -0.2) is 31.1 Å². The maximum atomic E-state index is 12.3. The number of terminal acetylenes is 1. The number of ether oxygens (including phenoxy) is 2. The van der Waals surface area contributed by atoms with Crippen LogP contribution in [0.4, 0.5) is 0 Å². The zero-order chi connectivity index (χ0) is 13.9. The minimum absolute atomic E-state index is 0.292. The van der Waals surface area contributed by atoms with Crippen LogP contribution in [0.1, 0.15) is 26.7 Å². The Morgan fingerprint density at radius 1 is 1.67 bits per heavy atom. The lowest BCUT2D eigenvalue weighted by molar-refractivity contribution is -0.175. The summed E-state index contributed by atoms with van der Waals surface area (Å²) in [5, 5.41) is 0. The summed E-state index contributed by atoms with van der Waals surface area (Å²) >= 11 is 0. The molecule has 1 heterocycles. The highest BCUT2D eigenvalue weighted by atomic mass is 16.5. The number of methoxy groups -OCH3 is 1. The molecular weight excluding hydrogens is 232 g/mol. The minimum atomic E-state index is -1.35. The standard InChI is InChI=1S/C14H18O4/c1-6-7-8-11-14(4,13(16)17-5)12(15)9(2)10(3)18-11/h1,10-11H,2,7-8H2,3-5H3/t10-,11+,14-/m1/s1. The molecule has 1 aliphatic rings. The van der Waals surface area contributed by atoms with Crippen molar-refractivity contribution < 1.29 is 19.1 Å². The molecule has 0 N–H and O–H groups in total. The number of hydrogen-bond acceptors (Lipinski definition) is 4. The molecule has 0 bridgehead atoms. The van der Waals surface area contributed by atoms with E-state index in [1.807, 2.05) is 0 Å². The van der Waals surface area contributed by atoms with Crippen molar-refractivity contribution in [2.24, 2.45) is 5.41 Å². The summed E-state index contributed by atoms with van der Waals surface area (Å²) in [4.78, 5) is 24.2. The van der Waals surface area contributed by atoms with E-state index in [4.69, 9.17) is 15.9 Å². The third-order valence-electron chi connectivity index (χ3n) is 3.43. The van der Waals surface area contributed by atoms with E-state index in [-0.39, 0.29) is 5.78 Å². The molecule has 1 saturated heterocycles. The molecule has 0 aliphatic carbocycles. The van der Waals surface area contributed by atoms with E-state index in [0.717, 1.165) is 0 Å². The van der Waals surface area contributed by atoms with E-state index in [0.29, 0.717) is 18.4 Å². The van der Waals surface area contributed by atoms with Gasteiger partial charge in [0.25, 0.3) is 0 Å². The van der Waals surface area contributed by atoms with Crippen LogP contribution in [0.15, 0.2) is 12.2 Å². The fourth-order valence-corrected chi connectivity index (χ4v) is 2.14. The van der Waals surface area contributed by atoms with Crippen LogP contribution in [0.25, 0.3) is 0 Å². The Morgan fingerprint density at radius 2 is 2.28 bits per heavy atom. The quantitative estimate of drug-likeness (QED) is 0.329. The Morgan fingerprint density at radius 3 is 2.78 bits per heavy atom. The normalized spacial score (nSPS) is 31.9. The fourth-order valence-electron chi connectivity index (χ4n) is 2.14. The molecule has 0 amide bonds. The average molecular weight is 250 g/mol. The van der Waals surface area contributed by atoms with Crippen LogP contribution in [-0.2, 0) is 19.1 Å². The second kappa shape index (κ2) is 5.36. The van der Waals surface area contributed by atoms with Gasteiger partial charge in [0, 0.05) is 12.0 Å². The van der Waals surface area contributed by atoms with E-state index in [1.165, 1.54) is 14.0 Å². The molecule has 4 heteroatoms. The Balaban J connectivity index is 3.12. The molecule has 1 fully saturated rings. The van der Waals surface area contributed by atoms with Crippen LogP contribution in [0.5, 0.6) is 0 Å². The van der Waals surface area contributed by atoms with Crippen LogP contribution in [0.3, 0.4) is 0 Å². The highest BCUT2D eigenvalue weighted by Gasteiger charge is 2.54. The first-order valence-electron chi connectivity index (χ1n) is 5.80. The van der Waals surface area contributed by atoms with Gasteiger partial charge in [0.2, 0.25) is 0 Å². The first kappa shape index (κ1) is 14.5. The summed E-state index contributed by atoms with van der Waals surface area (Å²) in [5.41, 5.74) is -1.06. The third kappa shape index (κ3) is 2.19. The van der Waals surface area contributed by atoms with Gasteiger partial charge in [0.1, 0.15) is 0 Å². The number of carbonyl (C=O) groups excluding carboxylic acids is 2. The second-order valence-electron chi connectivity index (χ2n) is 4.56. The van der Waals surface area contributed by atoms with Gasteiger partial charge in [-0.05, 0) is 20.3 Å². The molecule has 0 unspecified atom stereocenters. The zero-order valence-electron chi connectivity index (χ0n) is 11.0. The summed E-state index contributed by atoms with van der Waals surface area (Å²) in [6.45, 7) is 6.94. The highest BCUT2D eigenvalue weighted by molar-refractivity contribution is 6.13. The molecule has 1 aliphatic heterocycles. The SMILES string of the molecule is C#CCC[C@@H]1O[C@H](C)C(=C)C(=O)[C@]1(C)C(=O)OC. The van der Waals surface area contributed by atoms with Gasteiger partial charge in [0.05, 0.1) is 19.3 Å². The van der Waals surface area contributed by atoms with E-state index >= 15 is 0 Å². The van der Waals surface area contributed by atoms with Crippen LogP contribution in [0.2, 0.25) is 0 Å². The van der Waals surface area contributed by atoms with Crippen LogP contribution >= 0.6 is 0 Å². The van der Waals surface area contributed by atoms with E-state index < -0.39 is 23.6 Å². The lowest BCUT2D eigenvalue weighted by atomic mass is 9.72. The molecule has 4 nitrogen and oxygen atoms in total. The van der Waals surface area contributed by atoms with Crippen molar-refractivity contribution in [1.82, 2.24) is 0 Å². The number of Topliss-reactive ketones (excluding diaryl/α,β-unsaturated/α-hetero) is 1. The molecule has 18 heavy (non-hydrogen) atoms. The van der Waals surface area contributed by atoms with Crippen LogP contribution in [0, 0.1) is 17.8 Å². The average Bonchev–Trinajstić information content (AvgIpc) is 2.37. The maximum absolute atomic E-state index is 12.3. The predicted molar refractivity (Wildman–Crippen MR) is 66.7 cm³/mol. The molecular formula is C14H18O4. The fraction of sp³-hybridized carbons (Fsp3) is 0.571. The van der Waals surface area contributed by atoms with Gasteiger partial charge in [-0.2, -0.15) is 0 Å². The van der Waals surface area contributed by atoms with Crippen molar-refractivity contribution in [3.63, 3.8) is 0 Å².